The predicted octanol–water partition coefficient (Wildman–Crippen LogP) is 2.20. The molecule has 11 nitrogen and oxygen atoms in total. The van der Waals surface area contributed by atoms with Gasteiger partial charge in [0.2, 0.25) is 15.9 Å². The van der Waals surface area contributed by atoms with Gasteiger partial charge in [0.25, 0.3) is 6.43 Å². The van der Waals surface area contributed by atoms with E-state index in [0.29, 0.717) is 50.8 Å². The van der Waals surface area contributed by atoms with E-state index >= 15 is 0 Å². The van der Waals surface area contributed by atoms with Gasteiger partial charge < -0.3 is 19.7 Å². The Hall–Kier alpha value is -3.39. The van der Waals surface area contributed by atoms with Crippen LogP contribution in [0.3, 0.4) is 0 Å². The Morgan fingerprint density at radius 2 is 1.90 bits per heavy atom. The maximum absolute atomic E-state index is 12.7. The lowest BCUT2D eigenvalue weighted by molar-refractivity contribution is -0.129. The fourth-order valence-electron chi connectivity index (χ4n) is 4.75. The number of allylic oxidation sites excluding steroid dienone is 1. The lowest BCUT2D eigenvalue weighted by Crippen LogP contribution is -2.48. The van der Waals surface area contributed by atoms with E-state index in [-0.39, 0.29) is 11.8 Å². The van der Waals surface area contributed by atoms with Gasteiger partial charge in [0, 0.05) is 58.3 Å². The number of nitrogens with one attached hydrogen (secondary N) is 3. The standard InChI is InChI=1S/C25H34F2N8O3S/c1-17(36)33-8-10-34(11-9-33)23-12-19(21-15-29-22(31-21)6-5-20(28)25(26)27)13-24(32-23)35-7-3-4-18(16-35)14-30-39(2,37)38/h5-6,12-13,15,18,25,28,30H,3-4,7-11,14,16H2,1-2H3,(H,29,31)/b6-5-,28-20?. The summed E-state index contributed by atoms with van der Waals surface area (Å²) in [6.07, 6.45) is 4.06. The minimum Gasteiger partial charge on any atom is -0.356 e. The summed E-state index contributed by atoms with van der Waals surface area (Å²) >= 11 is 0. The highest BCUT2D eigenvalue weighted by Crippen LogP contribution is 2.30. The van der Waals surface area contributed by atoms with Crippen LogP contribution in [0.1, 0.15) is 25.6 Å². The zero-order valence-corrected chi connectivity index (χ0v) is 22.8. The maximum Gasteiger partial charge on any atom is 0.279 e. The summed E-state index contributed by atoms with van der Waals surface area (Å²) in [4.78, 5) is 30.2. The SMILES string of the molecule is CC(=O)N1CCN(c2cc(-c3cnc(/C=C\C(=N)C(F)F)[nH]3)cc(N3CCCC(CNS(C)(=O)=O)C3)n2)CC1. The number of piperazine rings is 1. The molecule has 14 heteroatoms. The van der Waals surface area contributed by atoms with Crippen LogP contribution in [0.5, 0.6) is 0 Å². The number of nitrogens with zero attached hydrogens (tertiary/aromatic N) is 5. The third kappa shape index (κ3) is 7.82. The Kier molecular flexibility index (Phi) is 8.95. The molecule has 3 N–H and O–H groups in total. The number of pyridine rings is 1. The number of aromatic amines is 1. The van der Waals surface area contributed by atoms with Gasteiger partial charge in [0.15, 0.2) is 0 Å². The molecule has 4 heterocycles. The second-order valence-corrected chi connectivity index (χ2v) is 11.7. The van der Waals surface area contributed by atoms with E-state index in [1.807, 2.05) is 12.1 Å². The quantitative estimate of drug-likeness (QED) is 0.397. The molecule has 0 saturated carbocycles. The summed E-state index contributed by atoms with van der Waals surface area (Å²) in [5.41, 5.74) is 0.672. The zero-order valence-electron chi connectivity index (χ0n) is 22.0. The van der Waals surface area contributed by atoms with Gasteiger partial charge in [-0.3, -0.25) is 10.2 Å². The molecule has 2 aromatic heterocycles. The first-order chi connectivity index (χ1) is 18.5. The number of hydrogen-bond acceptors (Lipinski definition) is 8. The molecule has 212 valence electrons. The highest BCUT2D eigenvalue weighted by Gasteiger charge is 2.25. The Bertz CT molecular complexity index is 1320. The van der Waals surface area contributed by atoms with Crippen LogP contribution >= 0.6 is 0 Å². The molecule has 0 aromatic carbocycles. The normalized spacial score (nSPS) is 18.8. The predicted molar refractivity (Wildman–Crippen MR) is 147 cm³/mol. The molecule has 0 radical (unpaired) electrons. The van der Waals surface area contributed by atoms with Crippen LogP contribution in [0.15, 0.2) is 24.4 Å². The highest BCUT2D eigenvalue weighted by atomic mass is 32.2. The van der Waals surface area contributed by atoms with Crippen LogP contribution < -0.4 is 14.5 Å². The summed E-state index contributed by atoms with van der Waals surface area (Å²) in [6.45, 7) is 5.78. The van der Waals surface area contributed by atoms with Crippen molar-refractivity contribution in [3.8, 4) is 11.3 Å². The number of piperidine rings is 1. The molecule has 39 heavy (non-hydrogen) atoms. The average molecular weight is 565 g/mol. The monoisotopic (exact) mass is 564 g/mol. The van der Waals surface area contributed by atoms with Crippen molar-refractivity contribution in [1.29, 1.82) is 5.41 Å². The number of sulfonamides is 1. The number of aromatic nitrogens is 3. The number of amides is 1. The summed E-state index contributed by atoms with van der Waals surface area (Å²) < 4.78 is 51.1. The van der Waals surface area contributed by atoms with E-state index in [2.05, 4.69) is 24.5 Å². The van der Waals surface area contributed by atoms with Crippen molar-refractivity contribution >= 4 is 39.4 Å². The molecular formula is C25H34F2N8O3S. The molecule has 2 saturated heterocycles. The van der Waals surface area contributed by atoms with E-state index in [1.165, 1.54) is 6.08 Å². The summed E-state index contributed by atoms with van der Waals surface area (Å²) in [5.74, 6) is 2.00. The molecule has 0 bridgehead atoms. The largest absolute Gasteiger partial charge is 0.356 e. The fourth-order valence-corrected chi connectivity index (χ4v) is 5.29. The molecular weight excluding hydrogens is 530 g/mol. The van der Waals surface area contributed by atoms with Crippen molar-refractivity contribution in [3.63, 3.8) is 0 Å². The molecule has 2 aliphatic heterocycles. The van der Waals surface area contributed by atoms with Crippen LogP contribution in [0, 0.1) is 11.3 Å². The van der Waals surface area contributed by atoms with E-state index in [4.69, 9.17) is 10.4 Å². The van der Waals surface area contributed by atoms with Crippen molar-refractivity contribution < 1.29 is 22.0 Å². The number of rotatable bonds is 9. The third-order valence-electron chi connectivity index (χ3n) is 6.89. The van der Waals surface area contributed by atoms with Crippen molar-refractivity contribution in [2.75, 3.05) is 61.9 Å². The second kappa shape index (κ2) is 12.2. The number of halogens is 2. The Labute approximate surface area is 226 Å². The van der Waals surface area contributed by atoms with Gasteiger partial charge in [-0.15, -0.1) is 0 Å². The topological polar surface area (TPSA) is 138 Å². The summed E-state index contributed by atoms with van der Waals surface area (Å²) in [5, 5.41) is 7.31. The molecule has 2 fully saturated rings. The third-order valence-corrected chi connectivity index (χ3v) is 7.58. The zero-order chi connectivity index (χ0) is 28.2. The fraction of sp³-hybridized carbons (Fsp3) is 0.520. The Morgan fingerprint density at radius 3 is 2.54 bits per heavy atom. The molecule has 1 unspecified atom stereocenters. The minimum atomic E-state index is -3.28. The molecule has 1 amide bonds. The van der Waals surface area contributed by atoms with E-state index in [1.54, 1.807) is 18.0 Å². The van der Waals surface area contributed by atoms with Gasteiger partial charge in [0.05, 0.1) is 23.9 Å². The highest BCUT2D eigenvalue weighted by molar-refractivity contribution is 7.88. The van der Waals surface area contributed by atoms with E-state index in [9.17, 15) is 22.0 Å². The lowest BCUT2D eigenvalue weighted by Gasteiger charge is -2.37. The molecule has 4 rings (SSSR count). The Balaban J connectivity index is 1.61. The molecule has 2 aliphatic rings. The van der Waals surface area contributed by atoms with Crippen molar-refractivity contribution in [3.05, 3.63) is 30.2 Å². The molecule has 2 aromatic rings. The number of anilines is 2. The first-order valence-corrected chi connectivity index (χ1v) is 14.7. The number of carbonyl (C=O) groups is 1. The van der Waals surface area contributed by atoms with Gasteiger partial charge in [-0.25, -0.2) is 31.9 Å². The van der Waals surface area contributed by atoms with Crippen molar-refractivity contribution in [2.24, 2.45) is 5.92 Å². The first-order valence-electron chi connectivity index (χ1n) is 12.8. The van der Waals surface area contributed by atoms with Crippen molar-refractivity contribution in [1.82, 2.24) is 24.6 Å². The van der Waals surface area contributed by atoms with Gasteiger partial charge in [-0.1, -0.05) is 0 Å². The van der Waals surface area contributed by atoms with Gasteiger partial charge >= 0.3 is 0 Å². The smallest absolute Gasteiger partial charge is 0.279 e. The summed E-state index contributed by atoms with van der Waals surface area (Å²) in [7, 11) is -3.28. The number of imidazole rings is 1. The van der Waals surface area contributed by atoms with E-state index in [0.717, 1.165) is 48.9 Å². The Morgan fingerprint density at radius 1 is 1.21 bits per heavy atom. The van der Waals surface area contributed by atoms with Gasteiger partial charge in [-0.2, -0.15) is 0 Å². The van der Waals surface area contributed by atoms with Crippen LogP contribution in [-0.2, 0) is 14.8 Å². The first kappa shape index (κ1) is 28.6. The van der Waals surface area contributed by atoms with Crippen LogP contribution in [0.4, 0.5) is 20.4 Å². The summed E-state index contributed by atoms with van der Waals surface area (Å²) in [6, 6.07) is 3.87. The number of alkyl halides is 2. The van der Waals surface area contributed by atoms with E-state index < -0.39 is 22.2 Å². The lowest BCUT2D eigenvalue weighted by atomic mass is 9.98. The van der Waals surface area contributed by atoms with Crippen LogP contribution in [0.2, 0.25) is 0 Å². The molecule has 1 atom stereocenters. The van der Waals surface area contributed by atoms with Crippen molar-refractivity contribution in [2.45, 2.75) is 26.2 Å². The second-order valence-electron chi connectivity index (χ2n) is 9.91. The van der Waals surface area contributed by atoms with Gasteiger partial charge in [-0.05, 0) is 43.0 Å². The number of hydrogen-bond donors (Lipinski definition) is 3. The average Bonchev–Trinajstić information content (AvgIpc) is 3.39. The number of H-pyrrole nitrogens is 1. The van der Waals surface area contributed by atoms with Crippen LogP contribution in [-0.4, -0.2) is 98.4 Å². The molecule has 0 aliphatic carbocycles. The van der Waals surface area contributed by atoms with Gasteiger partial charge in [0.1, 0.15) is 17.5 Å². The minimum absolute atomic E-state index is 0.0390. The maximum atomic E-state index is 12.7. The number of carbonyl (C=O) groups excluding carboxylic acids is 1. The van der Waals surface area contributed by atoms with Crippen LogP contribution in [0.25, 0.3) is 17.3 Å². The molecule has 0 spiro atoms.